The Kier molecular flexibility index (Phi) is 4.87. The van der Waals surface area contributed by atoms with Crippen molar-refractivity contribution in [1.82, 2.24) is 15.5 Å². The summed E-state index contributed by atoms with van der Waals surface area (Å²) in [4.78, 5) is 0. The molecule has 0 amide bonds. The molecule has 1 aliphatic rings. The predicted molar refractivity (Wildman–Crippen MR) is 89.4 cm³/mol. The van der Waals surface area contributed by atoms with Crippen molar-refractivity contribution in [3.63, 3.8) is 0 Å². The third-order valence-electron chi connectivity index (χ3n) is 4.11. The van der Waals surface area contributed by atoms with Crippen LogP contribution < -0.4 is 10.1 Å². The molecule has 6 heteroatoms. The number of fused-ring (bicyclic) bond motifs is 1. The largest absolute Gasteiger partial charge is 0.467 e. The van der Waals surface area contributed by atoms with Crippen molar-refractivity contribution in [2.75, 3.05) is 13.3 Å². The summed E-state index contributed by atoms with van der Waals surface area (Å²) in [6, 6.07) is 3.02. The lowest BCUT2D eigenvalue weighted by molar-refractivity contribution is -0.0172. The maximum absolute atomic E-state index is 13.7. The summed E-state index contributed by atoms with van der Waals surface area (Å²) in [6.07, 6.45) is 2.56. The number of hydrogen-bond acceptors (Lipinski definition) is 4. The van der Waals surface area contributed by atoms with Crippen molar-refractivity contribution in [3.05, 3.63) is 46.5 Å². The zero-order valence-corrected chi connectivity index (χ0v) is 14.4. The van der Waals surface area contributed by atoms with E-state index in [1.54, 1.807) is 6.07 Å². The Morgan fingerprint density at radius 1 is 1.29 bits per heavy atom. The second-order valence-electron chi connectivity index (χ2n) is 7.11. The third kappa shape index (κ3) is 3.76. The van der Waals surface area contributed by atoms with Gasteiger partial charge in [-0.05, 0) is 30.7 Å². The van der Waals surface area contributed by atoms with E-state index < -0.39 is 0 Å². The van der Waals surface area contributed by atoms with Gasteiger partial charge in [0, 0.05) is 28.8 Å². The quantitative estimate of drug-likeness (QED) is 0.826. The second-order valence-corrected chi connectivity index (χ2v) is 7.11. The number of rotatable bonds is 5. The van der Waals surface area contributed by atoms with Crippen LogP contribution >= 0.6 is 0 Å². The number of aromatic nitrogens is 2. The van der Waals surface area contributed by atoms with E-state index in [1.165, 1.54) is 6.07 Å². The van der Waals surface area contributed by atoms with Gasteiger partial charge in [0.2, 0.25) is 0 Å². The number of halogens is 1. The van der Waals surface area contributed by atoms with Gasteiger partial charge in [-0.15, -0.1) is 0 Å². The average Bonchev–Trinajstić information content (AvgIpc) is 3.00. The smallest absolute Gasteiger partial charge is 0.189 e. The van der Waals surface area contributed by atoms with Crippen LogP contribution in [0.3, 0.4) is 0 Å². The Bertz CT molecular complexity index is 707. The molecule has 0 bridgehead atoms. The lowest BCUT2D eigenvalue weighted by Gasteiger charge is -2.21. The van der Waals surface area contributed by atoms with Crippen molar-refractivity contribution < 1.29 is 13.9 Å². The molecule has 3 rings (SSSR count). The van der Waals surface area contributed by atoms with Crippen LogP contribution in [0, 0.1) is 5.82 Å². The Morgan fingerprint density at radius 3 is 2.92 bits per heavy atom. The first-order valence-corrected chi connectivity index (χ1v) is 8.20. The lowest BCUT2D eigenvalue weighted by Crippen LogP contribution is -2.21. The van der Waals surface area contributed by atoms with Crippen molar-refractivity contribution in [2.45, 2.75) is 45.8 Å². The number of ether oxygens (including phenoxy) is 2. The minimum Gasteiger partial charge on any atom is -0.467 e. The molecule has 1 aromatic heterocycles. The zero-order valence-electron chi connectivity index (χ0n) is 14.4. The summed E-state index contributed by atoms with van der Waals surface area (Å²) >= 11 is 0. The van der Waals surface area contributed by atoms with Crippen molar-refractivity contribution in [1.29, 1.82) is 0 Å². The van der Waals surface area contributed by atoms with E-state index >= 15 is 0 Å². The summed E-state index contributed by atoms with van der Waals surface area (Å²) in [6.45, 7) is 8.55. The predicted octanol–water partition coefficient (Wildman–Crippen LogP) is 3.05. The number of benzene rings is 1. The normalized spacial score (nSPS) is 14.3. The van der Waals surface area contributed by atoms with Crippen molar-refractivity contribution in [3.8, 4) is 5.75 Å². The minimum absolute atomic E-state index is 0.0307. The molecule has 0 aliphatic carbocycles. The molecule has 0 fully saturated rings. The lowest BCUT2D eigenvalue weighted by atomic mass is 9.89. The zero-order chi connectivity index (χ0) is 17.2. The van der Waals surface area contributed by atoms with Crippen LogP contribution in [0.25, 0.3) is 0 Å². The van der Waals surface area contributed by atoms with Gasteiger partial charge in [0.15, 0.2) is 6.79 Å². The SMILES string of the molecule is CC(C)(C)c1[nH]ncc1CNCCc1cc(F)cc2c1OCOC2. The molecule has 24 heavy (non-hydrogen) atoms. The van der Waals surface area contributed by atoms with Crippen LogP contribution in [0.15, 0.2) is 18.3 Å². The van der Waals surface area contributed by atoms with Crippen LogP contribution in [-0.2, 0) is 29.7 Å². The van der Waals surface area contributed by atoms with Crippen molar-refractivity contribution in [2.24, 2.45) is 0 Å². The minimum atomic E-state index is -0.247. The number of nitrogens with zero attached hydrogens (tertiary/aromatic N) is 1. The van der Waals surface area contributed by atoms with Gasteiger partial charge in [0.1, 0.15) is 11.6 Å². The van der Waals surface area contributed by atoms with E-state index in [2.05, 4.69) is 36.3 Å². The summed E-state index contributed by atoms with van der Waals surface area (Å²) < 4.78 is 24.5. The standard InChI is InChI=1S/C18H24FN3O2/c1-18(2,3)17-14(9-21-22-17)8-20-5-4-12-6-15(19)7-13-10-23-11-24-16(12)13/h6-7,9,20H,4-5,8,10-11H2,1-3H3,(H,21,22). The third-order valence-corrected chi connectivity index (χ3v) is 4.11. The van der Waals surface area contributed by atoms with Gasteiger partial charge in [0.05, 0.1) is 12.8 Å². The second kappa shape index (κ2) is 6.91. The molecule has 0 unspecified atom stereocenters. The molecule has 2 aromatic rings. The summed E-state index contributed by atoms with van der Waals surface area (Å²) in [5.41, 5.74) is 3.99. The highest BCUT2D eigenvalue weighted by atomic mass is 19.1. The Labute approximate surface area is 141 Å². The summed E-state index contributed by atoms with van der Waals surface area (Å²) in [7, 11) is 0. The van der Waals surface area contributed by atoms with Gasteiger partial charge in [-0.3, -0.25) is 5.10 Å². The summed E-state index contributed by atoms with van der Waals surface area (Å²) in [5.74, 6) is 0.519. The first-order chi connectivity index (χ1) is 11.4. The monoisotopic (exact) mass is 333 g/mol. The molecule has 0 saturated carbocycles. The number of aromatic amines is 1. The highest BCUT2D eigenvalue weighted by Crippen LogP contribution is 2.29. The molecule has 1 aliphatic heterocycles. The van der Waals surface area contributed by atoms with Gasteiger partial charge in [-0.2, -0.15) is 5.10 Å². The van der Waals surface area contributed by atoms with Crippen LogP contribution in [0.1, 0.15) is 43.2 Å². The van der Waals surface area contributed by atoms with Crippen LogP contribution in [0.4, 0.5) is 4.39 Å². The molecule has 0 radical (unpaired) electrons. The van der Waals surface area contributed by atoms with Gasteiger partial charge in [-0.25, -0.2) is 4.39 Å². The van der Waals surface area contributed by atoms with Crippen molar-refractivity contribution >= 4 is 0 Å². The van der Waals surface area contributed by atoms with Gasteiger partial charge in [0.25, 0.3) is 0 Å². The molecule has 1 aromatic carbocycles. The fourth-order valence-electron chi connectivity index (χ4n) is 2.98. The highest BCUT2D eigenvalue weighted by molar-refractivity contribution is 5.42. The molecule has 0 atom stereocenters. The van der Waals surface area contributed by atoms with Gasteiger partial charge < -0.3 is 14.8 Å². The highest BCUT2D eigenvalue weighted by Gasteiger charge is 2.20. The molecular weight excluding hydrogens is 309 g/mol. The van der Waals surface area contributed by atoms with E-state index in [-0.39, 0.29) is 18.0 Å². The Morgan fingerprint density at radius 2 is 2.12 bits per heavy atom. The fourth-order valence-corrected chi connectivity index (χ4v) is 2.98. The average molecular weight is 333 g/mol. The molecule has 0 spiro atoms. The molecule has 0 saturated heterocycles. The van der Waals surface area contributed by atoms with Crippen LogP contribution in [0.2, 0.25) is 0 Å². The molecule has 2 N–H and O–H groups in total. The van der Waals surface area contributed by atoms with E-state index in [1.807, 2.05) is 6.20 Å². The van der Waals surface area contributed by atoms with E-state index in [0.717, 1.165) is 41.2 Å². The topological polar surface area (TPSA) is 59.2 Å². The maximum atomic E-state index is 13.7. The first kappa shape index (κ1) is 16.9. The fraction of sp³-hybridized carbons (Fsp3) is 0.500. The molecule has 130 valence electrons. The van der Waals surface area contributed by atoms with Gasteiger partial charge in [-0.1, -0.05) is 20.8 Å². The Balaban J connectivity index is 1.60. The van der Waals surface area contributed by atoms with E-state index in [4.69, 9.17) is 9.47 Å². The van der Waals surface area contributed by atoms with E-state index in [0.29, 0.717) is 13.0 Å². The van der Waals surface area contributed by atoms with Crippen LogP contribution in [0.5, 0.6) is 5.75 Å². The van der Waals surface area contributed by atoms with Crippen LogP contribution in [-0.4, -0.2) is 23.5 Å². The summed E-state index contributed by atoms with van der Waals surface area (Å²) in [5, 5.41) is 10.6. The molecule has 5 nitrogen and oxygen atoms in total. The number of hydrogen-bond donors (Lipinski definition) is 2. The molecule has 2 heterocycles. The van der Waals surface area contributed by atoms with Gasteiger partial charge >= 0.3 is 0 Å². The van der Waals surface area contributed by atoms with E-state index in [9.17, 15) is 4.39 Å². The maximum Gasteiger partial charge on any atom is 0.189 e. The Hall–Kier alpha value is -1.92. The number of nitrogens with one attached hydrogen (secondary N) is 2. The molecular formula is C18H24FN3O2. The first-order valence-electron chi connectivity index (χ1n) is 8.20. The number of H-pyrrole nitrogens is 1.